The second-order valence-corrected chi connectivity index (χ2v) is 5.38. The molecule has 0 fully saturated rings. The van der Waals surface area contributed by atoms with Gasteiger partial charge in [0.25, 0.3) is 5.91 Å². The van der Waals surface area contributed by atoms with Crippen LogP contribution in [0.15, 0.2) is 18.2 Å². The highest BCUT2D eigenvalue weighted by Gasteiger charge is 2.32. The minimum Gasteiger partial charge on any atom is -0.481 e. The Labute approximate surface area is 133 Å². The van der Waals surface area contributed by atoms with Gasteiger partial charge in [0.2, 0.25) is 0 Å². The van der Waals surface area contributed by atoms with E-state index in [-0.39, 0.29) is 12.2 Å². The molecule has 0 spiro atoms. The van der Waals surface area contributed by atoms with E-state index in [1.54, 1.807) is 13.8 Å². The van der Waals surface area contributed by atoms with E-state index in [9.17, 15) is 18.4 Å². The van der Waals surface area contributed by atoms with E-state index in [1.165, 1.54) is 13.0 Å². The van der Waals surface area contributed by atoms with E-state index in [2.05, 4.69) is 5.32 Å². The Kier molecular flexibility index (Phi) is 6.48. The average molecular weight is 329 g/mol. The van der Waals surface area contributed by atoms with Gasteiger partial charge in [-0.2, -0.15) is 0 Å². The van der Waals surface area contributed by atoms with Crippen molar-refractivity contribution in [1.29, 1.82) is 0 Å². The van der Waals surface area contributed by atoms with Crippen LogP contribution < -0.4 is 10.1 Å². The molecule has 2 N–H and O–H groups in total. The molecule has 1 aromatic carbocycles. The second kappa shape index (κ2) is 7.89. The van der Waals surface area contributed by atoms with Gasteiger partial charge in [0.05, 0.1) is 12.0 Å². The van der Waals surface area contributed by atoms with Crippen molar-refractivity contribution >= 4 is 11.9 Å². The largest absolute Gasteiger partial charge is 0.481 e. The third-order valence-electron chi connectivity index (χ3n) is 3.80. The molecule has 1 rings (SSSR count). The number of hydrogen-bond acceptors (Lipinski definition) is 3. The van der Waals surface area contributed by atoms with Crippen molar-refractivity contribution in [3.63, 3.8) is 0 Å². The van der Waals surface area contributed by atoms with Crippen LogP contribution in [0.5, 0.6) is 5.75 Å². The Morgan fingerprint density at radius 3 is 2.35 bits per heavy atom. The van der Waals surface area contributed by atoms with Crippen LogP contribution in [0.4, 0.5) is 8.78 Å². The van der Waals surface area contributed by atoms with Crippen LogP contribution in [0.1, 0.15) is 40.0 Å². The van der Waals surface area contributed by atoms with Gasteiger partial charge in [-0.3, -0.25) is 9.59 Å². The van der Waals surface area contributed by atoms with Crippen LogP contribution in [0.25, 0.3) is 0 Å². The van der Waals surface area contributed by atoms with E-state index in [0.29, 0.717) is 12.8 Å². The maximum atomic E-state index is 13.1. The molecule has 7 heteroatoms. The van der Waals surface area contributed by atoms with Crippen molar-refractivity contribution in [1.82, 2.24) is 5.32 Å². The first kappa shape index (κ1) is 18.9. The predicted molar refractivity (Wildman–Crippen MR) is 80.2 cm³/mol. The second-order valence-electron chi connectivity index (χ2n) is 5.38. The van der Waals surface area contributed by atoms with E-state index >= 15 is 0 Å². The molecule has 1 unspecified atom stereocenters. The Morgan fingerprint density at radius 2 is 1.87 bits per heavy atom. The normalized spacial score (nSPS) is 12.6. The summed E-state index contributed by atoms with van der Waals surface area (Å²) in [7, 11) is 0. The van der Waals surface area contributed by atoms with Gasteiger partial charge in [-0.25, -0.2) is 8.78 Å². The Balaban J connectivity index is 2.78. The monoisotopic (exact) mass is 329 g/mol. The van der Waals surface area contributed by atoms with Crippen LogP contribution in [0.3, 0.4) is 0 Å². The molecule has 128 valence electrons. The van der Waals surface area contributed by atoms with Crippen LogP contribution >= 0.6 is 0 Å². The molecular formula is C16H21F2NO4. The predicted octanol–water partition coefficient (Wildman–Crippen LogP) is 2.88. The first-order chi connectivity index (χ1) is 10.7. The number of nitrogens with one attached hydrogen (secondary N) is 1. The highest BCUT2D eigenvalue weighted by atomic mass is 19.2. The SMILES string of the molecule is CCC(CC)(CC(=O)O)NC(=O)C(C)Oc1ccc(F)c(F)c1. The number of benzene rings is 1. The summed E-state index contributed by atoms with van der Waals surface area (Å²) in [5.74, 6) is -3.59. The number of carboxylic acids is 1. The van der Waals surface area contributed by atoms with Gasteiger partial charge in [-0.15, -0.1) is 0 Å². The molecule has 1 aromatic rings. The quantitative estimate of drug-likeness (QED) is 0.769. The molecule has 0 radical (unpaired) electrons. The van der Waals surface area contributed by atoms with Crippen molar-refractivity contribution in [3.05, 3.63) is 29.8 Å². The fraction of sp³-hybridized carbons (Fsp3) is 0.500. The lowest BCUT2D eigenvalue weighted by Gasteiger charge is -2.32. The topological polar surface area (TPSA) is 75.6 Å². The molecule has 0 bridgehead atoms. The van der Waals surface area contributed by atoms with Crippen LogP contribution in [0, 0.1) is 11.6 Å². The van der Waals surface area contributed by atoms with Gasteiger partial charge in [-0.1, -0.05) is 13.8 Å². The zero-order chi connectivity index (χ0) is 17.6. The third kappa shape index (κ3) is 5.19. The molecule has 1 amide bonds. The molecule has 5 nitrogen and oxygen atoms in total. The lowest BCUT2D eigenvalue weighted by atomic mass is 9.88. The van der Waals surface area contributed by atoms with Crippen molar-refractivity contribution in [2.45, 2.75) is 51.7 Å². The number of carbonyl (C=O) groups is 2. The molecule has 0 aliphatic heterocycles. The number of carboxylic acid groups (broad SMARTS) is 1. The summed E-state index contributed by atoms with van der Waals surface area (Å²) >= 11 is 0. The summed E-state index contributed by atoms with van der Waals surface area (Å²) in [6.45, 7) is 5.02. The zero-order valence-corrected chi connectivity index (χ0v) is 13.4. The van der Waals surface area contributed by atoms with Crippen molar-refractivity contribution in [2.75, 3.05) is 0 Å². The Hall–Kier alpha value is -2.18. The zero-order valence-electron chi connectivity index (χ0n) is 13.4. The maximum Gasteiger partial charge on any atom is 0.305 e. The summed E-state index contributed by atoms with van der Waals surface area (Å²) in [6.07, 6.45) is -0.297. The van der Waals surface area contributed by atoms with Gasteiger partial charge >= 0.3 is 5.97 Å². The van der Waals surface area contributed by atoms with Gasteiger partial charge in [-0.05, 0) is 31.9 Å². The number of hydrogen-bond donors (Lipinski definition) is 2. The summed E-state index contributed by atoms with van der Waals surface area (Å²) in [4.78, 5) is 23.2. The number of rotatable bonds is 8. The van der Waals surface area contributed by atoms with Crippen molar-refractivity contribution in [3.8, 4) is 5.75 Å². The number of ether oxygens (including phenoxy) is 1. The lowest BCUT2D eigenvalue weighted by Crippen LogP contribution is -2.52. The summed E-state index contributed by atoms with van der Waals surface area (Å²) in [5, 5.41) is 11.7. The van der Waals surface area contributed by atoms with E-state index < -0.39 is 35.2 Å². The smallest absolute Gasteiger partial charge is 0.305 e. The summed E-state index contributed by atoms with van der Waals surface area (Å²) < 4.78 is 31.3. The first-order valence-electron chi connectivity index (χ1n) is 7.38. The molecule has 0 aromatic heterocycles. The number of halogens is 2. The number of aliphatic carboxylic acids is 1. The molecule has 0 saturated heterocycles. The fourth-order valence-electron chi connectivity index (χ4n) is 2.18. The minimum atomic E-state index is -1.07. The van der Waals surface area contributed by atoms with Crippen LogP contribution in [-0.4, -0.2) is 28.6 Å². The van der Waals surface area contributed by atoms with E-state index in [4.69, 9.17) is 9.84 Å². The van der Waals surface area contributed by atoms with Crippen LogP contribution in [-0.2, 0) is 9.59 Å². The highest BCUT2D eigenvalue weighted by molar-refractivity contribution is 5.82. The third-order valence-corrected chi connectivity index (χ3v) is 3.80. The molecule has 0 aliphatic carbocycles. The number of amides is 1. The summed E-state index contributed by atoms with van der Waals surface area (Å²) in [6, 6.07) is 2.97. The lowest BCUT2D eigenvalue weighted by molar-refractivity contribution is -0.139. The molecule has 0 heterocycles. The molecule has 1 atom stereocenters. The van der Waals surface area contributed by atoms with Crippen molar-refractivity contribution in [2.24, 2.45) is 0 Å². The Morgan fingerprint density at radius 1 is 1.26 bits per heavy atom. The first-order valence-corrected chi connectivity index (χ1v) is 7.38. The fourth-order valence-corrected chi connectivity index (χ4v) is 2.18. The van der Waals surface area contributed by atoms with Crippen LogP contribution in [0.2, 0.25) is 0 Å². The summed E-state index contributed by atoms with van der Waals surface area (Å²) in [5.41, 5.74) is -0.866. The molecule has 23 heavy (non-hydrogen) atoms. The molecule has 0 aliphatic rings. The maximum absolute atomic E-state index is 13.1. The minimum absolute atomic E-state index is 0.0170. The highest BCUT2D eigenvalue weighted by Crippen LogP contribution is 2.21. The molecule has 0 saturated carbocycles. The number of carbonyl (C=O) groups excluding carboxylic acids is 1. The standard InChI is InChI=1S/C16H21F2NO4/c1-4-16(5-2,9-14(20)21)19-15(22)10(3)23-11-6-7-12(17)13(18)8-11/h6-8,10H,4-5,9H2,1-3H3,(H,19,22)(H,20,21). The van der Waals surface area contributed by atoms with Gasteiger partial charge in [0, 0.05) is 6.07 Å². The van der Waals surface area contributed by atoms with Gasteiger partial charge < -0.3 is 15.2 Å². The van der Waals surface area contributed by atoms with Gasteiger partial charge in [0.15, 0.2) is 17.7 Å². The van der Waals surface area contributed by atoms with E-state index in [0.717, 1.165) is 12.1 Å². The van der Waals surface area contributed by atoms with E-state index in [1.807, 2.05) is 0 Å². The Bertz CT molecular complexity index is 573. The van der Waals surface area contributed by atoms with Crippen molar-refractivity contribution < 1.29 is 28.2 Å². The average Bonchev–Trinajstić information content (AvgIpc) is 2.49. The van der Waals surface area contributed by atoms with Gasteiger partial charge in [0.1, 0.15) is 5.75 Å². The molecular weight excluding hydrogens is 308 g/mol.